The molecular weight excluding hydrogens is 424 g/mol. The number of nitriles is 1. The van der Waals surface area contributed by atoms with E-state index < -0.39 is 12.0 Å². The van der Waals surface area contributed by atoms with Gasteiger partial charge >= 0.3 is 0 Å². The Morgan fingerprint density at radius 3 is 2.79 bits per heavy atom. The summed E-state index contributed by atoms with van der Waals surface area (Å²) in [5.74, 6) is 1.60. The molecule has 0 spiro atoms. The fourth-order valence-corrected chi connectivity index (χ4v) is 3.97. The van der Waals surface area contributed by atoms with Gasteiger partial charge in [-0.05, 0) is 41.6 Å². The van der Waals surface area contributed by atoms with Crippen molar-refractivity contribution in [3.8, 4) is 11.9 Å². The topological polar surface area (TPSA) is 126 Å². The molecule has 2 unspecified atom stereocenters. The predicted octanol–water partition coefficient (Wildman–Crippen LogP) is 2.36. The maximum absolute atomic E-state index is 13.5. The normalized spacial score (nSPS) is 16.1. The molecule has 2 heterocycles. The Balaban J connectivity index is 1.73. The van der Waals surface area contributed by atoms with E-state index in [-0.39, 0.29) is 24.3 Å². The lowest BCUT2D eigenvalue weighted by Gasteiger charge is -2.30. The lowest BCUT2D eigenvalue weighted by Crippen LogP contribution is -2.43. The molecule has 1 amide bonds. The first-order valence-corrected chi connectivity index (χ1v) is 10.8. The number of ether oxygens (including phenoxy) is 1. The fraction of sp³-hybridized carbons (Fsp3) is 0.417. The lowest BCUT2D eigenvalue weighted by molar-refractivity contribution is -0.134. The van der Waals surface area contributed by atoms with Crippen LogP contribution in [0.4, 0.5) is 0 Å². The van der Waals surface area contributed by atoms with Gasteiger partial charge in [-0.1, -0.05) is 26.0 Å². The molecule has 1 saturated heterocycles. The van der Waals surface area contributed by atoms with Gasteiger partial charge in [-0.2, -0.15) is 5.26 Å². The SMILES string of the molecule is CC(C)C(C(=O)N1CCCC1C(=C=O)NCc1ccc(C#N)cc1)c1cc(OCC=O)no1. The highest BCUT2D eigenvalue weighted by Gasteiger charge is 2.39. The highest BCUT2D eigenvalue weighted by Crippen LogP contribution is 2.33. The number of nitrogens with zero attached hydrogens (tertiary/aromatic N) is 3. The molecule has 1 aliphatic heterocycles. The van der Waals surface area contributed by atoms with E-state index in [1.807, 2.05) is 31.9 Å². The van der Waals surface area contributed by atoms with Gasteiger partial charge in [0.1, 0.15) is 24.2 Å². The number of carbonyl (C=O) groups is 2. The van der Waals surface area contributed by atoms with Crippen molar-refractivity contribution >= 4 is 18.1 Å². The summed E-state index contributed by atoms with van der Waals surface area (Å²) in [5.41, 5.74) is 1.78. The number of hydrogen-bond acceptors (Lipinski definition) is 8. The summed E-state index contributed by atoms with van der Waals surface area (Å²) in [6.45, 7) is 4.55. The molecule has 1 aromatic carbocycles. The summed E-state index contributed by atoms with van der Waals surface area (Å²) in [7, 11) is 0. The first kappa shape index (κ1) is 23.8. The van der Waals surface area contributed by atoms with E-state index in [2.05, 4.69) is 16.5 Å². The molecule has 0 aliphatic carbocycles. The summed E-state index contributed by atoms with van der Waals surface area (Å²) in [4.78, 5) is 37.5. The summed E-state index contributed by atoms with van der Waals surface area (Å²) >= 11 is 0. The average Bonchev–Trinajstić information content (AvgIpc) is 3.48. The first-order valence-electron chi connectivity index (χ1n) is 10.8. The third-order valence-electron chi connectivity index (χ3n) is 5.59. The van der Waals surface area contributed by atoms with E-state index in [9.17, 15) is 14.4 Å². The van der Waals surface area contributed by atoms with Crippen LogP contribution in [-0.2, 0) is 20.9 Å². The average molecular weight is 450 g/mol. The molecule has 3 rings (SSSR count). The van der Waals surface area contributed by atoms with Crippen molar-refractivity contribution < 1.29 is 23.6 Å². The summed E-state index contributed by atoms with van der Waals surface area (Å²) in [6.07, 6.45) is 2.01. The number of nitrogens with one attached hydrogen (secondary N) is 1. The van der Waals surface area contributed by atoms with Crippen LogP contribution in [0.25, 0.3) is 0 Å². The van der Waals surface area contributed by atoms with Crippen LogP contribution >= 0.6 is 0 Å². The number of rotatable bonds is 10. The molecule has 0 bridgehead atoms. The van der Waals surface area contributed by atoms with Gasteiger partial charge < -0.3 is 19.5 Å². The van der Waals surface area contributed by atoms with E-state index in [1.54, 1.807) is 17.0 Å². The molecule has 9 nitrogen and oxygen atoms in total. The van der Waals surface area contributed by atoms with Crippen molar-refractivity contribution in [3.63, 3.8) is 0 Å². The number of carbonyl (C=O) groups excluding carboxylic acids is 3. The van der Waals surface area contributed by atoms with E-state index in [4.69, 9.17) is 14.5 Å². The van der Waals surface area contributed by atoms with Gasteiger partial charge in [-0.15, -0.1) is 0 Å². The number of likely N-dealkylation sites (tertiary alicyclic amines) is 1. The monoisotopic (exact) mass is 450 g/mol. The van der Waals surface area contributed by atoms with Crippen LogP contribution in [0.15, 0.2) is 40.6 Å². The van der Waals surface area contributed by atoms with Gasteiger partial charge in [-0.25, -0.2) is 4.79 Å². The van der Waals surface area contributed by atoms with Crippen molar-refractivity contribution in [1.29, 1.82) is 5.26 Å². The van der Waals surface area contributed by atoms with Crippen LogP contribution in [-0.4, -0.2) is 47.4 Å². The third kappa shape index (κ3) is 5.68. The number of aromatic nitrogens is 1. The van der Waals surface area contributed by atoms with Gasteiger partial charge in [0.15, 0.2) is 12.0 Å². The zero-order valence-electron chi connectivity index (χ0n) is 18.6. The van der Waals surface area contributed by atoms with Crippen molar-refractivity contribution in [3.05, 3.63) is 52.9 Å². The summed E-state index contributed by atoms with van der Waals surface area (Å²) < 4.78 is 10.5. The van der Waals surface area contributed by atoms with Gasteiger partial charge in [0.25, 0.3) is 5.88 Å². The predicted molar refractivity (Wildman–Crippen MR) is 118 cm³/mol. The Kier molecular flexibility index (Phi) is 8.01. The minimum atomic E-state index is -0.613. The summed E-state index contributed by atoms with van der Waals surface area (Å²) in [5, 5.41) is 15.8. The quantitative estimate of drug-likeness (QED) is 0.432. The molecule has 0 saturated carbocycles. The van der Waals surface area contributed by atoms with Crippen molar-refractivity contribution in [2.45, 2.75) is 45.2 Å². The molecule has 33 heavy (non-hydrogen) atoms. The van der Waals surface area contributed by atoms with E-state index in [0.29, 0.717) is 42.8 Å². The first-order chi connectivity index (χ1) is 16.0. The molecule has 0 radical (unpaired) electrons. The second kappa shape index (κ2) is 11.1. The van der Waals surface area contributed by atoms with Crippen molar-refractivity contribution in [1.82, 2.24) is 15.4 Å². The van der Waals surface area contributed by atoms with Gasteiger partial charge in [-0.3, -0.25) is 9.59 Å². The van der Waals surface area contributed by atoms with Crippen LogP contribution in [0, 0.1) is 17.2 Å². The van der Waals surface area contributed by atoms with Crippen molar-refractivity contribution in [2.24, 2.45) is 5.92 Å². The largest absolute Gasteiger partial charge is 0.468 e. The van der Waals surface area contributed by atoms with Gasteiger partial charge in [0.2, 0.25) is 5.91 Å². The van der Waals surface area contributed by atoms with Crippen LogP contribution in [0.1, 0.15) is 49.5 Å². The molecule has 2 aromatic rings. The second-order valence-electron chi connectivity index (χ2n) is 8.13. The van der Waals surface area contributed by atoms with Crippen LogP contribution in [0.3, 0.4) is 0 Å². The van der Waals surface area contributed by atoms with Crippen molar-refractivity contribution in [2.75, 3.05) is 13.2 Å². The molecule has 172 valence electrons. The minimum absolute atomic E-state index is 0.0964. The molecule has 1 aliphatic rings. The molecule has 1 N–H and O–H groups in total. The van der Waals surface area contributed by atoms with Gasteiger partial charge in [0, 0.05) is 19.2 Å². The Morgan fingerprint density at radius 2 is 2.15 bits per heavy atom. The van der Waals surface area contributed by atoms with E-state index in [1.165, 1.54) is 6.07 Å². The van der Waals surface area contributed by atoms with Gasteiger partial charge in [0.05, 0.1) is 17.7 Å². The zero-order valence-corrected chi connectivity index (χ0v) is 18.6. The van der Waals surface area contributed by atoms with E-state index >= 15 is 0 Å². The highest BCUT2D eigenvalue weighted by molar-refractivity contribution is 5.84. The van der Waals surface area contributed by atoms with Crippen LogP contribution < -0.4 is 10.1 Å². The number of benzene rings is 1. The van der Waals surface area contributed by atoms with Crippen LogP contribution in [0.2, 0.25) is 0 Å². The standard InChI is InChI=1S/C24H26N4O5/c1-16(2)23(21-12-22(27-33-21)32-11-10-29)24(31)28-9-3-4-20(28)19(15-30)26-14-18-7-5-17(13-25)6-8-18/h5-8,10,12,16,20,23,26H,3-4,9,11,14H2,1-2H3. The highest BCUT2D eigenvalue weighted by atomic mass is 16.5. The maximum Gasteiger partial charge on any atom is 0.254 e. The second-order valence-corrected chi connectivity index (χ2v) is 8.13. The molecular formula is C24H26N4O5. The zero-order chi connectivity index (χ0) is 23.8. The Bertz CT molecular complexity index is 1060. The molecule has 1 aromatic heterocycles. The minimum Gasteiger partial charge on any atom is -0.468 e. The number of aldehydes is 1. The molecule has 2 atom stereocenters. The third-order valence-corrected chi connectivity index (χ3v) is 5.59. The van der Waals surface area contributed by atoms with Crippen LogP contribution in [0.5, 0.6) is 5.88 Å². The van der Waals surface area contributed by atoms with E-state index in [0.717, 1.165) is 12.0 Å². The lowest BCUT2D eigenvalue weighted by atomic mass is 9.91. The maximum atomic E-state index is 13.5. The molecule has 1 fully saturated rings. The number of hydrogen-bond donors (Lipinski definition) is 1. The number of amides is 1. The fourth-order valence-electron chi connectivity index (χ4n) is 3.97. The smallest absolute Gasteiger partial charge is 0.254 e. The molecule has 9 heteroatoms. The Labute approximate surface area is 192 Å². The Hall–Kier alpha value is -3.89. The Morgan fingerprint density at radius 1 is 1.39 bits per heavy atom. The summed E-state index contributed by atoms with van der Waals surface area (Å²) in [6, 6.07) is 10.2.